The smallest absolute Gasteiger partial charge is 0.312 e. The number of aromatic nitrogens is 1. The van der Waals surface area contributed by atoms with Crippen LogP contribution in [0.5, 0.6) is 0 Å². The van der Waals surface area contributed by atoms with Crippen molar-refractivity contribution in [1.29, 1.82) is 0 Å². The summed E-state index contributed by atoms with van der Waals surface area (Å²) in [5.74, 6) is -1.14. The minimum Gasteiger partial charge on any atom is -0.481 e. The molecule has 2 heterocycles. The number of thiazole rings is 1. The van der Waals surface area contributed by atoms with Gasteiger partial charge in [0.2, 0.25) is 0 Å². The van der Waals surface area contributed by atoms with Gasteiger partial charge in [0.15, 0.2) is 0 Å². The molecule has 0 bridgehead atoms. The minimum absolute atomic E-state index is 0.393. The van der Waals surface area contributed by atoms with Gasteiger partial charge >= 0.3 is 5.97 Å². The lowest BCUT2D eigenvalue weighted by Gasteiger charge is -2.00. The molecule has 1 aliphatic carbocycles. The van der Waals surface area contributed by atoms with Gasteiger partial charge in [-0.3, -0.25) is 4.79 Å². The van der Waals surface area contributed by atoms with Gasteiger partial charge in [0.05, 0.1) is 10.6 Å². The van der Waals surface area contributed by atoms with E-state index in [0.717, 1.165) is 26.9 Å². The van der Waals surface area contributed by atoms with Crippen LogP contribution in [-0.2, 0) is 11.2 Å². The van der Waals surface area contributed by atoms with E-state index < -0.39 is 11.9 Å². The highest BCUT2D eigenvalue weighted by Crippen LogP contribution is 2.41. The summed E-state index contributed by atoms with van der Waals surface area (Å²) < 4.78 is 0. The van der Waals surface area contributed by atoms with E-state index in [1.807, 2.05) is 0 Å². The third-order valence-electron chi connectivity index (χ3n) is 2.97. The summed E-state index contributed by atoms with van der Waals surface area (Å²) in [6.07, 6.45) is 1.56. The van der Waals surface area contributed by atoms with E-state index in [1.165, 1.54) is 4.88 Å². The van der Waals surface area contributed by atoms with Gasteiger partial charge in [-0.15, -0.1) is 22.7 Å². The number of hydrogen-bond donors (Lipinski definition) is 1. The van der Waals surface area contributed by atoms with Crippen LogP contribution >= 0.6 is 22.7 Å². The molecule has 2 aromatic rings. The molecule has 1 N–H and O–H groups in total. The fraction of sp³-hybridized carbons (Fsp3) is 0.333. The van der Waals surface area contributed by atoms with Crippen LogP contribution in [0.3, 0.4) is 0 Å². The van der Waals surface area contributed by atoms with E-state index in [4.69, 9.17) is 5.11 Å². The molecule has 0 saturated heterocycles. The molecule has 1 aliphatic rings. The number of aryl methyl sites for hydroxylation is 2. The highest BCUT2D eigenvalue weighted by atomic mass is 32.1. The Bertz CT molecular complexity index is 585. The highest BCUT2D eigenvalue weighted by Gasteiger charge is 2.32. The van der Waals surface area contributed by atoms with Crippen LogP contribution in [0.4, 0.5) is 0 Å². The lowest BCUT2D eigenvalue weighted by Crippen LogP contribution is -2.08. The van der Waals surface area contributed by atoms with Crippen molar-refractivity contribution >= 4 is 28.6 Å². The second-order valence-corrected chi connectivity index (χ2v) is 6.54. The van der Waals surface area contributed by atoms with Crippen LogP contribution in [0.2, 0.25) is 0 Å². The summed E-state index contributed by atoms with van der Waals surface area (Å²) in [5.41, 5.74) is 0.795. The SMILES string of the molecule is Cc1ccc(-c2nc3c(s2)CCC3C(=O)O)s1. The first kappa shape index (κ1) is 10.9. The number of aliphatic carboxylic acids is 1. The number of carboxylic acid groups (broad SMARTS) is 1. The number of hydrogen-bond acceptors (Lipinski definition) is 4. The molecule has 0 fully saturated rings. The van der Waals surface area contributed by atoms with Gasteiger partial charge in [-0.05, 0) is 31.9 Å². The molecular formula is C12H11NO2S2. The number of thiophene rings is 1. The first-order chi connectivity index (χ1) is 8.15. The monoisotopic (exact) mass is 265 g/mol. The summed E-state index contributed by atoms with van der Waals surface area (Å²) in [5, 5.41) is 10.1. The molecule has 3 rings (SSSR count). The molecule has 0 amide bonds. The molecule has 3 nitrogen and oxygen atoms in total. The van der Waals surface area contributed by atoms with Crippen LogP contribution in [0.25, 0.3) is 9.88 Å². The maximum atomic E-state index is 11.1. The second kappa shape index (κ2) is 3.92. The van der Waals surface area contributed by atoms with Crippen LogP contribution in [0, 0.1) is 6.92 Å². The molecule has 88 valence electrons. The Morgan fingerprint density at radius 1 is 1.47 bits per heavy atom. The van der Waals surface area contributed by atoms with Crippen molar-refractivity contribution in [3.8, 4) is 9.88 Å². The zero-order valence-electron chi connectivity index (χ0n) is 9.27. The van der Waals surface area contributed by atoms with E-state index >= 15 is 0 Å². The van der Waals surface area contributed by atoms with Gasteiger partial charge in [-0.2, -0.15) is 0 Å². The number of carbonyl (C=O) groups is 1. The number of carboxylic acids is 1. The largest absolute Gasteiger partial charge is 0.481 e. The first-order valence-electron chi connectivity index (χ1n) is 5.44. The van der Waals surface area contributed by atoms with E-state index in [2.05, 4.69) is 24.0 Å². The summed E-state index contributed by atoms with van der Waals surface area (Å²) >= 11 is 3.35. The molecule has 0 radical (unpaired) electrons. The van der Waals surface area contributed by atoms with Crippen molar-refractivity contribution < 1.29 is 9.90 Å². The maximum absolute atomic E-state index is 11.1. The third kappa shape index (κ3) is 1.79. The molecule has 0 aromatic carbocycles. The lowest BCUT2D eigenvalue weighted by atomic mass is 10.1. The summed E-state index contributed by atoms with van der Waals surface area (Å²) in [7, 11) is 0. The van der Waals surface area contributed by atoms with Crippen molar-refractivity contribution in [2.75, 3.05) is 0 Å². The fourth-order valence-electron chi connectivity index (χ4n) is 2.12. The van der Waals surface area contributed by atoms with Crippen LogP contribution in [-0.4, -0.2) is 16.1 Å². The summed E-state index contributed by atoms with van der Waals surface area (Å²) in [4.78, 5) is 19.2. The quantitative estimate of drug-likeness (QED) is 0.906. The van der Waals surface area contributed by atoms with Gasteiger partial charge in [-0.1, -0.05) is 0 Å². The van der Waals surface area contributed by atoms with Gasteiger partial charge in [0, 0.05) is 9.75 Å². The minimum atomic E-state index is -0.747. The maximum Gasteiger partial charge on any atom is 0.312 e. The standard InChI is InChI=1S/C12H11NO2S2/c1-6-2-4-9(16-6)11-13-10-7(12(14)15)3-5-8(10)17-11/h2,4,7H,3,5H2,1H3,(H,14,15). The highest BCUT2D eigenvalue weighted by molar-refractivity contribution is 7.21. The Morgan fingerprint density at radius 2 is 2.29 bits per heavy atom. The molecular weight excluding hydrogens is 254 g/mol. The van der Waals surface area contributed by atoms with Crippen molar-refractivity contribution in [2.24, 2.45) is 0 Å². The molecule has 1 unspecified atom stereocenters. The lowest BCUT2D eigenvalue weighted by molar-refractivity contribution is -0.138. The zero-order valence-corrected chi connectivity index (χ0v) is 10.9. The number of rotatable bonds is 2. The number of nitrogens with zero attached hydrogens (tertiary/aromatic N) is 1. The molecule has 17 heavy (non-hydrogen) atoms. The Kier molecular flexibility index (Phi) is 2.52. The van der Waals surface area contributed by atoms with Gasteiger partial charge in [-0.25, -0.2) is 4.98 Å². The van der Waals surface area contributed by atoms with E-state index in [-0.39, 0.29) is 0 Å². The average Bonchev–Trinajstić information content (AvgIpc) is 2.89. The number of fused-ring (bicyclic) bond motifs is 1. The van der Waals surface area contributed by atoms with Crippen molar-refractivity contribution in [2.45, 2.75) is 25.7 Å². The summed E-state index contributed by atoms with van der Waals surface area (Å²) in [6.45, 7) is 2.06. The fourth-order valence-corrected chi connectivity index (χ4v) is 4.18. The van der Waals surface area contributed by atoms with E-state index in [0.29, 0.717) is 6.42 Å². The summed E-state index contributed by atoms with van der Waals surface area (Å²) in [6, 6.07) is 4.13. The Hall–Kier alpha value is -1.20. The zero-order chi connectivity index (χ0) is 12.0. The Morgan fingerprint density at radius 3 is 2.94 bits per heavy atom. The molecule has 0 saturated carbocycles. The topological polar surface area (TPSA) is 50.2 Å². The Labute approximate surface area is 107 Å². The van der Waals surface area contributed by atoms with Gasteiger partial charge < -0.3 is 5.11 Å². The van der Waals surface area contributed by atoms with Crippen molar-refractivity contribution in [1.82, 2.24) is 4.98 Å². The first-order valence-corrected chi connectivity index (χ1v) is 7.07. The van der Waals surface area contributed by atoms with Crippen LogP contribution < -0.4 is 0 Å². The van der Waals surface area contributed by atoms with Crippen LogP contribution in [0.15, 0.2) is 12.1 Å². The molecule has 0 spiro atoms. The molecule has 2 aromatic heterocycles. The van der Waals surface area contributed by atoms with Crippen LogP contribution in [0.1, 0.15) is 27.8 Å². The van der Waals surface area contributed by atoms with Gasteiger partial charge in [0.1, 0.15) is 10.9 Å². The molecule has 0 aliphatic heterocycles. The van der Waals surface area contributed by atoms with Gasteiger partial charge in [0.25, 0.3) is 0 Å². The van der Waals surface area contributed by atoms with Crippen molar-refractivity contribution in [3.05, 3.63) is 27.6 Å². The average molecular weight is 265 g/mol. The predicted octanol–water partition coefficient (Wildman–Crippen LogP) is 3.29. The normalized spacial score (nSPS) is 18.3. The van der Waals surface area contributed by atoms with E-state index in [1.54, 1.807) is 22.7 Å². The predicted molar refractivity (Wildman–Crippen MR) is 68.9 cm³/mol. The molecule has 1 atom stereocenters. The Balaban J connectivity index is 2.01. The van der Waals surface area contributed by atoms with Crippen molar-refractivity contribution in [3.63, 3.8) is 0 Å². The third-order valence-corrected chi connectivity index (χ3v) is 5.27. The second-order valence-electron chi connectivity index (χ2n) is 4.17. The molecule has 5 heteroatoms. The van der Waals surface area contributed by atoms with E-state index in [9.17, 15) is 4.79 Å².